The number of nitrogens with zero attached hydrogens (tertiary/aromatic N) is 4. The predicted molar refractivity (Wildman–Crippen MR) is 180 cm³/mol. The number of carbonyl (C=O) groups excluding carboxylic acids is 3. The number of urea groups is 1. The topological polar surface area (TPSA) is 132 Å². The average Bonchev–Trinajstić information content (AvgIpc) is 3.49. The number of amidine groups is 1. The number of nitrogens with one attached hydrogen (secondary N) is 1. The molecule has 0 bridgehead atoms. The molecule has 15 heteroatoms. The Kier molecular flexibility index (Phi) is 9.60. The second-order valence-corrected chi connectivity index (χ2v) is 12.7. The summed E-state index contributed by atoms with van der Waals surface area (Å²) in [6.45, 7) is 9.27. The van der Waals surface area contributed by atoms with Crippen molar-refractivity contribution in [2.45, 2.75) is 46.9 Å². The molecule has 48 heavy (non-hydrogen) atoms. The summed E-state index contributed by atoms with van der Waals surface area (Å²) < 4.78 is 44.4. The number of rotatable bonds is 7. The molecule has 3 aromatic carbocycles. The second kappa shape index (κ2) is 13.4. The highest BCUT2D eigenvalue weighted by atomic mass is 35.5. The highest BCUT2D eigenvalue weighted by molar-refractivity contribution is 8.15. The van der Waals surface area contributed by atoms with Crippen LogP contribution >= 0.6 is 23.4 Å². The van der Waals surface area contributed by atoms with Crippen LogP contribution < -0.4 is 20.7 Å². The van der Waals surface area contributed by atoms with Crippen LogP contribution in [-0.4, -0.2) is 44.9 Å². The summed E-state index contributed by atoms with van der Waals surface area (Å²) in [5, 5.41) is 7.57. The zero-order valence-electron chi connectivity index (χ0n) is 26.4. The number of nitrogens with two attached hydrogens (primary N) is 1. The molecule has 0 spiro atoms. The van der Waals surface area contributed by atoms with Crippen molar-refractivity contribution in [2.24, 2.45) is 10.7 Å². The van der Waals surface area contributed by atoms with Crippen LogP contribution in [0.2, 0.25) is 5.02 Å². The number of ether oxygens (including phenoxy) is 1. The van der Waals surface area contributed by atoms with Gasteiger partial charge < -0.3 is 15.8 Å². The molecule has 250 valence electrons. The molecule has 0 radical (unpaired) electrons. The lowest BCUT2D eigenvalue weighted by atomic mass is 9.97. The number of alkyl halides is 3. The van der Waals surface area contributed by atoms with E-state index in [1.54, 1.807) is 26.0 Å². The van der Waals surface area contributed by atoms with Gasteiger partial charge in [0.2, 0.25) is 11.8 Å². The fourth-order valence-corrected chi connectivity index (χ4v) is 6.49. The molecule has 1 fully saturated rings. The summed E-state index contributed by atoms with van der Waals surface area (Å²) in [4.78, 5) is 43.8. The van der Waals surface area contributed by atoms with Crippen molar-refractivity contribution in [1.82, 2.24) is 9.78 Å². The Morgan fingerprint density at radius 3 is 2.46 bits per heavy atom. The van der Waals surface area contributed by atoms with Gasteiger partial charge in [-0.25, -0.2) is 9.48 Å². The number of halogens is 4. The SMILES string of the molecule is Cc1ccc(C(C)C)c(N2C(=O)CS/C2=N\C(=O)Nc2ccc(-n3nc(C)c(-c4cc(OC(F)(F)F)ccc4C(N)=O)c3C)cc2Cl)c1. The monoisotopic (exact) mass is 698 g/mol. The van der Waals surface area contributed by atoms with Crippen LogP contribution in [0.25, 0.3) is 16.8 Å². The van der Waals surface area contributed by atoms with Crippen molar-refractivity contribution in [3.05, 3.63) is 87.7 Å². The summed E-state index contributed by atoms with van der Waals surface area (Å²) in [5.41, 5.74) is 10.2. The molecule has 1 aromatic heterocycles. The molecule has 0 aliphatic carbocycles. The quantitative estimate of drug-likeness (QED) is 0.202. The number of anilines is 2. The Morgan fingerprint density at radius 2 is 1.81 bits per heavy atom. The first kappa shape index (κ1) is 34.5. The summed E-state index contributed by atoms with van der Waals surface area (Å²) >= 11 is 7.73. The highest BCUT2D eigenvalue weighted by Crippen LogP contribution is 2.37. The Labute approximate surface area is 283 Å². The van der Waals surface area contributed by atoms with Crippen LogP contribution in [0.1, 0.15) is 52.6 Å². The fourth-order valence-electron chi connectivity index (χ4n) is 5.41. The number of primary amides is 1. The third kappa shape index (κ3) is 7.19. The van der Waals surface area contributed by atoms with Gasteiger partial charge >= 0.3 is 12.4 Å². The molecule has 0 saturated carbocycles. The predicted octanol–water partition coefficient (Wildman–Crippen LogP) is 7.91. The van der Waals surface area contributed by atoms with E-state index >= 15 is 0 Å². The molecule has 1 aliphatic heterocycles. The number of carbonyl (C=O) groups is 3. The van der Waals surface area contributed by atoms with Crippen molar-refractivity contribution < 1.29 is 32.3 Å². The van der Waals surface area contributed by atoms with E-state index in [0.717, 1.165) is 41.1 Å². The zero-order valence-corrected chi connectivity index (χ0v) is 28.0. The largest absolute Gasteiger partial charge is 0.573 e. The van der Waals surface area contributed by atoms with Crippen LogP contribution in [0.5, 0.6) is 5.75 Å². The van der Waals surface area contributed by atoms with Crippen molar-refractivity contribution >= 4 is 57.8 Å². The molecule has 0 unspecified atom stereocenters. The number of aliphatic imine (C=N–C) groups is 1. The normalized spacial score (nSPS) is 14.2. The van der Waals surface area contributed by atoms with E-state index < -0.39 is 24.1 Å². The number of hydrogen-bond donors (Lipinski definition) is 2. The summed E-state index contributed by atoms with van der Waals surface area (Å²) in [7, 11) is 0. The van der Waals surface area contributed by atoms with Crippen molar-refractivity contribution in [2.75, 3.05) is 16.0 Å². The van der Waals surface area contributed by atoms with Crippen molar-refractivity contribution in [1.29, 1.82) is 0 Å². The van der Waals surface area contributed by atoms with E-state index in [-0.39, 0.29) is 44.6 Å². The number of benzene rings is 3. The first-order valence-electron chi connectivity index (χ1n) is 14.6. The Balaban J connectivity index is 1.43. The molecule has 1 saturated heterocycles. The Morgan fingerprint density at radius 1 is 1.08 bits per heavy atom. The van der Waals surface area contributed by atoms with Gasteiger partial charge in [-0.3, -0.25) is 14.5 Å². The van der Waals surface area contributed by atoms with E-state index in [2.05, 4.69) is 20.1 Å². The zero-order chi connectivity index (χ0) is 35.1. The van der Waals surface area contributed by atoms with E-state index in [1.807, 2.05) is 39.0 Å². The maximum Gasteiger partial charge on any atom is 0.573 e. The number of amides is 4. The van der Waals surface area contributed by atoms with Crippen LogP contribution in [0.4, 0.5) is 29.3 Å². The molecule has 3 N–H and O–H groups in total. The van der Waals surface area contributed by atoms with Crippen LogP contribution in [0, 0.1) is 20.8 Å². The standard InChI is InChI=1S/C33H30ClF3N6O4S/c1-16(2)22-9-6-17(3)12-27(22)42-28(44)15-48-32(42)40-31(46)39-26-11-7-20(13-25(26)34)43-19(5)29(18(4)41-43)24-14-21(47-33(35,36)37)8-10-23(24)30(38)45/h6-14,16H,15H2,1-5H3,(H2,38,45)(H,39,46)/b40-32-. The number of aromatic nitrogens is 2. The lowest BCUT2D eigenvalue weighted by molar-refractivity contribution is -0.274. The van der Waals surface area contributed by atoms with Gasteiger partial charge in [0.1, 0.15) is 5.75 Å². The minimum atomic E-state index is -4.94. The van der Waals surface area contributed by atoms with Gasteiger partial charge in [0.25, 0.3) is 0 Å². The van der Waals surface area contributed by atoms with Gasteiger partial charge in [0, 0.05) is 22.4 Å². The molecule has 10 nitrogen and oxygen atoms in total. The van der Waals surface area contributed by atoms with Crippen LogP contribution in [-0.2, 0) is 4.79 Å². The Bertz CT molecular complexity index is 1990. The van der Waals surface area contributed by atoms with Crippen LogP contribution in [0.15, 0.2) is 59.6 Å². The summed E-state index contributed by atoms with van der Waals surface area (Å²) in [6, 6.07) is 13.1. The fraction of sp³-hybridized carbons (Fsp3) is 0.242. The van der Waals surface area contributed by atoms with Crippen molar-refractivity contribution in [3.8, 4) is 22.6 Å². The van der Waals surface area contributed by atoms with Gasteiger partial charge in [0.05, 0.1) is 33.5 Å². The summed E-state index contributed by atoms with van der Waals surface area (Å²) in [5.74, 6) is -1.29. The molecule has 4 aromatic rings. The van der Waals surface area contributed by atoms with E-state index in [9.17, 15) is 27.6 Å². The van der Waals surface area contributed by atoms with E-state index in [4.69, 9.17) is 17.3 Å². The van der Waals surface area contributed by atoms with E-state index in [1.165, 1.54) is 15.6 Å². The third-order valence-corrected chi connectivity index (χ3v) is 8.74. The van der Waals surface area contributed by atoms with Crippen LogP contribution in [0.3, 0.4) is 0 Å². The van der Waals surface area contributed by atoms with Gasteiger partial charge in [-0.15, -0.1) is 13.2 Å². The first-order valence-corrected chi connectivity index (χ1v) is 15.9. The number of thioether (sulfide) groups is 1. The van der Waals surface area contributed by atoms with Gasteiger partial charge in [0.15, 0.2) is 5.17 Å². The molecule has 4 amide bonds. The number of aryl methyl sites for hydroxylation is 2. The summed E-state index contributed by atoms with van der Waals surface area (Å²) in [6.07, 6.45) is -4.94. The lowest BCUT2D eigenvalue weighted by Gasteiger charge is -2.22. The molecule has 1 aliphatic rings. The molecular weight excluding hydrogens is 669 g/mol. The van der Waals surface area contributed by atoms with Gasteiger partial charge in [-0.1, -0.05) is 49.3 Å². The molecule has 2 heterocycles. The first-order chi connectivity index (χ1) is 22.5. The van der Waals surface area contributed by atoms with Gasteiger partial charge in [-0.2, -0.15) is 10.1 Å². The lowest BCUT2D eigenvalue weighted by Crippen LogP contribution is -2.31. The third-order valence-electron chi connectivity index (χ3n) is 7.50. The molecule has 0 atom stereocenters. The highest BCUT2D eigenvalue weighted by Gasteiger charge is 2.33. The Hall–Kier alpha value is -4.82. The van der Waals surface area contributed by atoms with Gasteiger partial charge in [-0.05, 0) is 80.3 Å². The minimum absolute atomic E-state index is 0.0171. The maximum atomic E-state index is 13.1. The molecule has 5 rings (SSSR count). The van der Waals surface area contributed by atoms with E-state index in [0.29, 0.717) is 28.3 Å². The average molecular weight is 699 g/mol. The second-order valence-electron chi connectivity index (χ2n) is 11.3. The van der Waals surface area contributed by atoms with Crippen molar-refractivity contribution in [3.63, 3.8) is 0 Å². The maximum absolute atomic E-state index is 13.1. The minimum Gasteiger partial charge on any atom is -0.406 e. The molecular formula is C33H30ClF3N6O4S. The smallest absolute Gasteiger partial charge is 0.406 e. The number of hydrogen-bond acceptors (Lipinski definition) is 6.